The Labute approximate surface area is 123 Å². The molecule has 1 saturated heterocycles. The topological polar surface area (TPSA) is 75.4 Å². The number of nitrogens with two attached hydrogens (primary N) is 1. The minimum atomic E-state index is -2.01. The van der Waals surface area contributed by atoms with E-state index in [9.17, 15) is 14.0 Å². The SMILES string of the molecule is Cc1cc(C)cc(NC(=O)CN2CCC(F)(C(N)=O)C2)c1. The summed E-state index contributed by atoms with van der Waals surface area (Å²) in [5, 5.41) is 2.79. The number of halogens is 1. The second kappa shape index (κ2) is 5.81. The molecule has 0 radical (unpaired) electrons. The molecule has 6 heteroatoms. The quantitative estimate of drug-likeness (QED) is 0.874. The molecule has 5 nitrogen and oxygen atoms in total. The molecule has 3 N–H and O–H groups in total. The number of anilines is 1. The van der Waals surface area contributed by atoms with Crippen molar-refractivity contribution in [2.24, 2.45) is 5.73 Å². The molecule has 1 aliphatic heterocycles. The molecule has 1 fully saturated rings. The normalized spacial score (nSPS) is 22.2. The third-order valence-electron chi connectivity index (χ3n) is 3.61. The zero-order valence-electron chi connectivity index (χ0n) is 12.3. The molecule has 1 aromatic carbocycles. The van der Waals surface area contributed by atoms with Crippen molar-refractivity contribution in [3.05, 3.63) is 29.3 Å². The molecule has 21 heavy (non-hydrogen) atoms. The van der Waals surface area contributed by atoms with E-state index in [4.69, 9.17) is 5.73 Å². The predicted octanol–water partition coefficient (Wildman–Crippen LogP) is 1.14. The number of carbonyl (C=O) groups is 2. The molecule has 0 aromatic heterocycles. The number of rotatable bonds is 4. The highest BCUT2D eigenvalue weighted by atomic mass is 19.1. The first kappa shape index (κ1) is 15.4. The van der Waals surface area contributed by atoms with E-state index >= 15 is 0 Å². The molecule has 1 aliphatic rings. The van der Waals surface area contributed by atoms with Crippen LogP contribution >= 0.6 is 0 Å². The molecule has 1 aromatic rings. The number of nitrogens with zero attached hydrogens (tertiary/aromatic N) is 1. The van der Waals surface area contributed by atoms with Crippen LogP contribution in [0.25, 0.3) is 0 Å². The minimum absolute atomic E-state index is 0.0408. The van der Waals surface area contributed by atoms with E-state index in [2.05, 4.69) is 5.32 Å². The highest BCUT2D eigenvalue weighted by Crippen LogP contribution is 2.25. The standard InChI is InChI=1S/C15H20FN3O2/c1-10-5-11(2)7-12(6-10)18-13(20)8-19-4-3-15(16,9-19)14(17)21/h5-7H,3-4,8-9H2,1-2H3,(H2,17,21)(H,18,20). The molecule has 2 amide bonds. The van der Waals surface area contributed by atoms with Crippen molar-refractivity contribution in [1.82, 2.24) is 4.90 Å². The zero-order chi connectivity index (χ0) is 15.6. The summed E-state index contributed by atoms with van der Waals surface area (Å²) >= 11 is 0. The van der Waals surface area contributed by atoms with Gasteiger partial charge in [0, 0.05) is 25.2 Å². The van der Waals surface area contributed by atoms with E-state index < -0.39 is 11.6 Å². The summed E-state index contributed by atoms with van der Waals surface area (Å²) in [6, 6.07) is 5.76. The van der Waals surface area contributed by atoms with E-state index in [0.29, 0.717) is 6.54 Å². The summed E-state index contributed by atoms with van der Waals surface area (Å²) in [7, 11) is 0. The minimum Gasteiger partial charge on any atom is -0.367 e. The van der Waals surface area contributed by atoms with Crippen LogP contribution in [0.1, 0.15) is 17.5 Å². The molecule has 1 atom stereocenters. The van der Waals surface area contributed by atoms with Crippen LogP contribution in [-0.2, 0) is 9.59 Å². The summed E-state index contributed by atoms with van der Waals surface area (Å²) in [6.45, 7) is 4.18. The molecule has 114 valence electrons. The second-order valence-corrected chi connectivity index (χ2v) is 5.71. The highest BCUT2D eigenvalue weighted by Gasteiger charge is 2.43. The van der Waals surface area contributed by atoms with Crippen LogP contribution in [0, 0.1) is 13.8 Å². The molecule has 0 saturated carbocycles. The lowest BCUT2D eigenvalue weighted by Crippen LogP contribution is -2.43. The van der Waals surface area contributed by atoms with Crippen LogP contribution in [0.4, 0.5) is 10.1 Å². The van der Waals surface area contributed by atoms with E-state index in [1.807, 2.05) is 32.0 Å². The maximum Gasteiger partial charge on any atom is 0.256 e. The van der Waals surface area contributed by atoms with Gasteiger partial charge in [-0.1, -0.05) is 6.07 Å². The Morgan fingerprint density at radius 2 is 1.95 bits per heavy atom. The van der Waals surface area contributed by atoms with Gasteiger partial charge in [-0.15, -0.1) is 0 Å². The van der Waals surface area contributed by atoms with Gasteiger partial charge in [0.2, 0.25) is 11.6 Å². The van der Waals surface area contributed by atoms with Crippen LogP contribution in [0.15, 0.2) is 18.2 Å². The van der Waals surface area contributed by atoms with Crippen LogP contribution in [0.3, 0.4) is 0 Å². The van der Waals surface area contributed by atoms with Crippen molar-refractivity contribution < 1.29 is 14.0 Å². The van der Waals surface area contributed by atoms with Crippen LogP contribution in [-0.4, -0.2) is 42.0 Å². The molecule has 0 spiro atoms. The van der Waals surface area contributed by atoms with Crippen molar-refractivity contribution in [1.29, 1.82) is 0 Å². The van der Waals surface area contributed by atoms with Crippen molar-refractivity contribution in [2.75, 3.05) is 25.0 Å². The fraction of sp³-hybridized carbons (Fsp3) is 0.467. The Balaban J connectivity index is 1.92. The van der Waals surface area contributed by atoms with Crippen LogP contribution in [0.2, 0.25) is 0 Å². The summed E-state index contributed by atoms with van der Waals surface area (Å²) in [6.07, 6.45) is 0.0408. The van der Waals surface area contributed by atoms with E-state index in [0.717, 1.165) is 16.8 Å². The summed E-state index contributed by atoms with van der Waals surface area (Å²) < 4.78 is 14.0. The fourth-order valence-electron chi connectivity index (χ4n) is 2.63. The van der Waals surface area contributed by atoms with Crippen LogP contribution < -0.4 is 11.1 Å². The van der Waals surface area contributed by atoms with Crippen LogP contribution in [0.5, 0.6) is 0 Å². The maximum absolute atomic E-state index is 14.0. The molecule has 2 rings (SSSR count). The summed E-state index contributed by atoms with van der Waals surface area (Å²) in [5.74, 6) is -1.19. The van der Waals surface area contributed by atoms with Gasteiger partial charge in [-0.2, -0.15) is 0 Å². The molecule has 1 unspecified atom stereocenters. The maximum atomic E-state index is 14.0. The van der Waals surface area contributed by atoms with Crippen molar-refractivity contribution in [3.8, 4) is 0 Å². The van der Waals surface area contributed by atoms with Gasteiger partial charge in [-0.25, -0.2) is 4.39 Å². The Morgan fingerprint density at radius 1 is 1.33 bits per heavy atom. The van der Waals surface area contributed by atoms with Gasteiger partial charge < -0.3 is 11.1 Å². The number of amides is 2. The van der Waals surface area contributed by atoms with Crippen molar-refractivity contribution in [3.63, 3.8) is 0 Å². The number of likely N-dealkylation sites (tertiary alicyclic amines) is 1. The molecule has 1 heterocycles. The molecule has 0 bridgehead atoms. The lowest BCUT2D eigenvalue weighted by atomic mass is 10.1. The van der Waals surface area contributed by atoms with Gasteiger partial charge in [0.1, 0.15) is 0 Å². The Morgan fingerprint density at radius 3 is 2.48 bits per heavy atom. The molecular weight excluding hydrogens is 273 g/mol. The van der Waals surface area contributed by atoms with Gasteiger partial charge in [-0.05, 0) is 37.1 Å². The second-order valence-electron chi connectivity index (χ2n) is 5.71. The number of aryl methyl sites for hydroxylation is 2. The van der Waals surface area contributed by atoms with Gasteiger partial charge in [0.25, 0.3) is 5.91 Å². The lowest BCUT2D eigenvalue weighted by molar-refractivity contribution is -0.129. The number of primary amides is 1. The zero-order valence-corrected chi connectivity index (χ0v) is 12.3. The predicted molar refractivity (Wildman–Crippen MR) is 78.6 cm³/mol. The third-order valence-corrected chi connectivity index (χ3v) is 3.61. The average Bonchev–Trinajstić information content (AvgIpc) is 2.70. The van der Waals surface area contributed by atoms with Crippen molar-refractivity contribution in [2.45, 2.75) is 25.9 Å². The first-order valence-corrected chi connectivity index (χ1v) is 6.88. The first-order valence-electron chi connectivity index (χ1n) is 6.88. The fourth-order valence-corrected chi connectivity index (χ4v) is 2.63. The monoisotopic (exact) mass is 293 g/mol. The van der Waals surface area contributed by atoms with Gasteiger partial charge in [0.05, 0.1) is 6.54 Å². The third kappa shape index (κ3) is 3.78. The largest absolute Gasteiger partial charge is 0.367 e. The number of nitrogens with one attached hydrogen (secondary N) is 1. The lowest BCUT2D eigenvalue weighted by Gasteiger charge is -2.17. The average molecular weight is 293 g/mol. The number of carbonyl (C=O) groups excluding carboxylic acids is 2. The smallest absolute Gasteiger partial charge is 0.256 e. The Hall–Kier alpha value is -1.95. The highest BCUT2D eigenvalue weighted by molar-refractivity contribution is 5.92. The Bertz CT molecular complexity index is 556. The van der Waals surface area contributed by atoms with E-state index in [1.54, 1.807) is 4.90 Å². The first-order chi connectivity index (χ1) is 9.78. The van der Waals surface area contributed by atoms with Gasteiger partial charge >= 0.3 is 0 Å². The molecule has 0 aliphatic carbocycles. The van der Waals surface area contributed by atoms with E-state index in [-0.39, 0.29) is 25.4 Å². The summed E-state index contributed by atoms with van der Waals surface area (Å²) in [4.78, 5) is 24.6. The number of benzene rings is 1. The van der Waals surface area contributed by atoms with Gasteiger partial charge in [0.15, 0.2) is 0 Å². The number of alkyl halides is 1. The molecular formula is C15H20FN3O2. The van der Waals surface area contributed by atoms with Gasteiger partial charge in [-0.3, -0.25) is 14.5 Å². The van der Waals surface area contributed by atoms with E-state index in [1.165, 1.54) is 0 Å². The number of hydrogen-bond acceptors (Lipinski definition) is 3. The summed E-state index contributed by atoms with van der Waals surface area (Å²) in [5.41, 5.74) is 5.86. The van der Waals surface area contributed by atoms with Crippen molar-refractivity contribution >= 4 is 17.5 Å². The number of hydrogen-bond donors (Lipinski definition) is 2. The Kier molecular flexibility index (Phi) is 4.27.